The molecular formula is C21H23N3O2S. The first-order chi connectivity index (χ1) is 13.1. The molecule has 2 heterocycles. The predicted molar refractivity (Wildman–Crippen MR) is 108 cm³/mol. The van der Waals surface area contributed by atoms with Crippen molar-refractivity contribution >= 4 is 28.7 Å². The number of amides is 1. The van der Waals surface area contributed by atoms with Gasteiger partial charge in [-0.25, -0.2) is 4.98 Å². The highest BCUT2D eigenvalue weighted by Gasteiger charge is 2.26. The molecule has 6 heteroatoms. The first-order valence-electron chi connectivity index (χ1n) is 9.21. The summed E-state index contributed by atoms with van der Waals surface area (Å²) in [5.41, 5.74) is 3.03. The molecule has 1 aromatic heterocycles. The van der Waals surface area contributed by atoms with Crippen LogP contribution in [0, 0.1) is 0 Å². The number of imidazole rings is 1. The molecule has 5 nitrogen and oxygen atoms in total. The topological polar surface area (TPSA) is 47.4 Å². The fourth-order valence-electron chi connectivity index (χ4n) is 3.53. The number of carbonyl (C=O) groups excluding carboxylic acids is 1. The van der Waals surface area contributed by atoms with Gasteiger partial charge in [-0.1, -0.05) is 42.1 Å². The molecule has 1 amide bonds. The molecule has 0 spiro atoms. The molecule has 1 fully saturated rings. The normalized spacial score (nSPS) is 20.1. The first-order valence-corrected chi connectivity index (χ1v) is 10.2. The standard InChI is InChI=1S/C21H23N3O2S/c1-15-12-23(13-16(2)26-15)20(25)14-27-21-22-18-10-6-7-11-19(18)24(21)17-8-4-3-5-9-17/h3-11,15-16H,12-14H2,1-2H3. The molecule has 27 heavy (non-hydrogen) atoms. The molecule has 140 valence electrons. The second-order valence-corrected chi connectivity index (χ2v) is 7.84. The third-order valence-corrected chi connectivity index (χ3v) is 5.56. The van der Waals surface area contributed by atoms with Gasteiger partial charge in [-0.2, -0.15) is 0 Å². The fraction of sp³-hybridized carbons (Fsp3) is 0.333. The van der Waals surface area contributed by atoms with Crippen molar-refractivity contribution in [2.75, 3.05) is 18.8 Å². The number of ether oxygens (including phenoxy) is 1. The van der Waals surface area contributed by atoms with Gasteiger partial charge in [0.15, 0.2) is 5.16 Å². The van der Waals surface area contributed by atoms with E-state index in [1.165, 1.54) is 11.8 Å². The number of para-hydroxylation sites is 3. The van der Waals surface area contributed by atoms with Crippen LogP contribution in [0.3, 0.4) is 0 Å². The minimum atomic E-state index is 0.0802. The lowest BCUT2D eigenvalue weighted by Gasteiger charge is -2.35. The maximum absolute atomic E-state index is 12.7. The maximum Gasteiger partial charge on any atom is 0.233 e. The van der Waals surface area contributed by atoms with Crippen molar-refractivity contribution in [1.82, 2.24) is 14.5 Å². The van der Waals surface area contributed by atoms with Crippen molar-refractivity contribution in [2.45, 2.75) is 31.2 Å². The summed E-state index contributed by atoms with van der Waals surface area (Å²) in [6.07, 6.45) is 0.160. The lowest BCUT2D eigenvalue weighted by Crippen LogP contribution is -2.48. The molecule has 2 unspecified atom stereocenters. The Bertz CT molecular complexity index is 931. The Morgan fingerprint density at radius 1 is 1.07 bits per heavy atom. The largest absolute Gasteiger partial charge is 0.372 e. The van der Waals surface area contributed by atoms with Crippen LogP contribution in [-0.2, 0) is 9.53 Å². The van der Waals surface area contributed by atoms with Gasteiger partial charge in [0.05, 0.1) is 29.0 Å². The molecule has 0 bridgehead atoms. The van der Waals surface area contributed by atoms with Crippen molar-refractivity contribution in [2.24, 2.45) is 0 Å². The van der Waals surface area contributed by atoms with Crippen LogP contribution in [0.5, 0.6) is 0 Å². The summed E-state index contributed by atoms with van der Waals surface area (Å²) >= 11 is 1.49. The van der Waals surface area contributed by atoms with Crippen LogP contribution >= 0.6 is 11.8 Å². The molecule has 2 atom stereocenters. The van der Waals surface area contributed by atoms with Crippen LogP contribution in [0.4, 0.5) is 0 Å². The van der Waals surface area contributed by atoms with E-state index < -0.39 is 0 Å². The molecule has 0 saturated carbocycles. The highest BCUT2D eigenvalue weighted by molar-refractivity contribution is 7.99. The molecule has 2 aromatic carbocycles. The number of aromatic nitrogens is 2. The van der Waals surface area contributed by atoms with Crippen molar-refractivity contribution in [3.05, 3.63) is 54.6 Å². The smallest absolute Gasteiger partial charge is 0.233 e. The molecule has 1 aliphatic heterocycles. The number of morpholine rings is 1. The molecule has 0 aliphatic carbocycles. The average molecular weight is 382 g/mol. The van der Waals surface area contributed by atoms with E-state index in [0.29, 0.717) is 18.8 Å². The van der Waals surface area contributed by atoms with Gasteiger partial charge in [0.2, 0.25) is 5.91 Å². The van der Waals surface area contributed by atoms with Crippen LogP contribution in [0.2, 0.25) is 0 Å². The maximum atomic E-state index is 12.7. The van der Waals surface area contributed by atoms with E-state index in [2.05, 4.69) is 22.8 Å². The monoisotopic (exact) mass is 381 g/mol. The van der Waals surface area contributed by atoms with E-state index in [0.717, 1.165) is 21.9 Å². The van der Waals surface area contributed by atoms with Gasteiger partial charge < -0.3 is 9.64 Å². The Labute approximate surface area is 163 Å². The van der Waals surface area contributed by atoms with E-state index in [1.807, 2.05) is 55.1 Å². The van der Waals surface area contributed by atoms with Crippen LogP contribution in [0.15, 0.2) is 59.8 Å². The third kappa shape index (κ3) is 3.87. The summed E-state index contributed by atoms with van der Waals surface area (Å²) in [5, 5.41) is 0.838. The predicted octanol–water partition coefficient (Wildman–Crippen LogP) is 3.75. The minimum absolute atomic E-state index is 0.0802. The number of benzene rings is 2. The summed E-state index contributed by atoms with van der Waals surface area (Å²) in [6, 6.07) is 18.2. The molecule has 4 rings (SSSR count). The second-order valence-electron chi connectivity index (χ2n) is 6.90. The number of carbonyl (C=O) groups is 1. The van der Waals surface area contributed by atoms with Crippen molar-refractivity contribution in [3.63, 3.8) is 0 Å². The number of hydrogen-bond acceptors (Lipinski definition) is 4. The van der Waals surface area contributed by atoms with Crippen LogP contribution in [0.25, 0.3) is 16.7 Å². The lowest BCUT2D eigenvalue weighted by molar-refractivity contribution is -0.140. The molecule has 1 saturated heterocycles. The van der Waals surface area contributed by atoms with Crippen LogP contribution in [0.1, 0.15) is 13.8 Å². The van der Waals surface area contributed by atoms with E-state index in [-0.39, 0.29) is 18.1 Å². The lowest BCUT2D eigenvalue weighted by atomic mass is 10.2. The number of nitrogens with zero attached hydrogens (tertiary/aromatic N) is 3. The van der Waals surface area contributed by atoms with Gasteiger partial charge in [-0.15, -0.1) is 0 Å². The molecule has 1 aliphatic rings. The Morgan fingerprint density at radius 3 is 2.48 bits per heavy atom. The molecule has 0 radical (unpaired) electrons. The quantitative estimate of drug-likeness (QED) is 0.646. The fourth-order valence-corrected chi connectivity index (χ4v) is 4.46. The van der Waals surface area contributed by atoms with E-state index in [1.54, 1.807) is 0 Å². The van der Waals surface area contributed by atoms with Crippen molar-refractivity contribution in [3.8, 4) is 5.69 Å². The average Bonchev–Trinajstić information content (AvgIpc) is 3.04. The van der Waals surface area contributed by atoms with Crippen LogP contribution in [-0.4, -0.2) is 51.4 Å². The Balaban J connectivity index is 1.58. The van der Waals surface area contributed by atoms with Gasteiger partial charge in [-0.3, -0.25) is 9.36 Å². The summed E-state index contributed by atoms with van der Waals surface area (Å²) in [7, 11) is 0. The summed E-state index contributed by atoms with van der Waals surface area (Å²) in [4.78, 5) is 19.4. The summed E-state index contributed by atoms with van der Waals surface area (Å²) in [5.74, 6) is 0.504. The number of fused-ring (bicyclic) bond motifs is 1. The SMILES string of the molecule is CC1CN(C(=O)CSc2nc3ccccc3n2-c2ccccc2)CC(C)O1. The van der Waals surface area contributed by atoms with E-state index in [4.69, 9.17) is 9.72 Å². The zero-order chi connectivity index (χ0) is 18.8. The Hall–Kier alpha value is -2.31. The minimum Gasteiger partial charge on any atom is -0.372 e. The summed E-state index contributed by atoms with van der Waals surface area (Å²) in [6.45, 7) is 5.33. The van der Waals surface area contributed by atoms with Crippen LogP contribution < -0.4 is 0 Å². The first kappa shape index (κ1) is 18.1. The van der Waals surface area contributed by atoms with Gasteiger partial charge >= 0.3 is 0 Å². The third-order valence-electron chi connectivity index (χ3n) is 4.64. The zero-order valence-electron chi connectivity index (χ0n) is 15.5. The van der Waals surface area contributed by atoms with E-state index in [9.17, 15) is 4.79 Å². The van der Waals surface area contributed by atoms with E-state index >= 15 is 0 Å². The van der Waals surface area contributed by atoms with Gasteiger partial charge in [0.1, 0.15) is 0 Å². The van der Waals surface area contributed by atoms with Gasteiger partial charge in [0.25, 0.3) is 0 Å². The highest BCUT2D eigenvalue weighted by Crippen LogP contribution is 2.28. The van der Waals surface area contributed by atoms with Crippen molar-refractivity contribution < 1.29 is 9.53 Å². The Morgan fingerprint density at radius 2 is 1.74 bits per heavy atom. The zero-order valence-corrected chi connectivity index (χ0v) is 16.4. The second kappa shape index (κ2) is 7.74. The van der Waals surface area contributed by atoms with Gasteiger partial charge in [-0.05, 0) is 38.1 Å². The van der Waals surface area contributed by atoms with Crippen molar-refractivity contribution in [1.29, 1.82) is 0 Å². The molecule has 3 aromatic rings. The summed E-state index contributed by atoms with van der Waals surface area (Å²) < 4.78 is 7.85. The Kier molecular flexibility index (Phi) is 5.18. The molecular weight excluding hydrogens is 358 g/mol. The number of hydrogen-bond donors (Lipinski definition) is 0. The highest BCUT2D eigenvalue weighted by atomic mass is 32.2. The number of thioether (sulfide) groups is 1. The molecule has 0 N–H and O–H groups in total. The van der Waals surface area contributed by atoms with Gasteiger partial charge in [0, 0.05) is 18.8 Å². The number of rotatable bonds is 4.